The van der Waals surface area contributed by atoms with Crippen LogP contribution in [0.5, 0.6) is 0 Å². The van der Waals surface area contributed by atoms with Crippen LogP contribution >= 0.6 is 11.3 Å². The SMILES string of the molecule is C[C@@H]1C[C@@H](C)CN(C(=O)CN2CCN(Cc3nc4scc(-c5ccccc5)c4c(=O)[nH]3)CC2)C1. The average molecular weight is 480 g/mol. The second kappa shape index (κ2) is 9.98. The highest BCUT2D eigenvalue weighted by molar-refractivity contribution is 7.17. The van der Waals surface area contributed by atoms with Gasteiger partial charge in [-0.2, -0.15) is 0 Å². The number of thiophene rings is 1. The van der Waals surface area contributed by atoms with Crippen molar-refractivity contribution in [1.29, 1.82) is 0 Å². The minimum atomic E-state index is -0.0747. The minimum Gasteiger partial charge on any atom is -0.341 e. The third-order valence-corrected chi connectivity index (χ3v) is 7.87. The molecule has 5 rings (SSSR count). The number of likely N-dealkylation sites (tertiary alicyclic amines) is 1. The molecule has 1 amide bonds. The van der Waals surface area contributed by atoms with E-state index in [1.807, 2.05) is 35.7 Å². The van der Waals surface area contributed by atoms with E-state index in [2.05, 4.69) is 33.5 Å². The van der Waals surface area contributed by atoms with E-state index in [-0.39, 0.29) is 11.5 Å². The molecule has 7 nitrogen and oxygen atoms in total. The van der Waals surface area contributed by atoms with Gasteiger partial charge in [-0.3, -0.25) is 19.4 Å². The second-order valence-electron chi connectivity index (χ2n) is 10.0. The van der Waals surface area contributed by atoms with Crippen molar-refractivity contribution in [1.82, 2.24) is 24.7 Å². The van der Waals surface area contributed by atoms with Crippen LogP contribution < -0.4 is 5.56 Å². The molecule has 2 saturated heterocycles. The zero-order valence-electron chi connectivity index (χ0n) is 20.0. The Bertz CT molecular complexity index is 1190. The van der Waals surface area contributed by atoms with E-state index in [0.29, 0.717) is 36.1 Å². The van der Waals surface area contributed by atoms with Crippen LogP contribution in [-0.2, 0) is 11.3 Å². The first kappa shape index (κ1) is 23.2. The minimum absolute atomic E-state index is 0.0747. The fourth-order valence-corrected chi connectivity index (χ4v) is 6.34. The highest BCUT2D eigenvalue weighted by atomic mass is 32.1. The fourth-order valence-electron chi connectivity index (χ4n) is 5.37. The van der Waals surface area contributed by atoms with E-state index >= 15 is 0 Å². The Balaban J connectivity index is 1.18. The zero-order valence-corrected chi connectivity index (χ0v) is 20.8. The van der Waals surface area contributed by atoms with Crippen molar-refractivity contribution in [2.45, 2.75) is 26.8 Å². The number of piperazine rings is 1. The number of benzene rings is 1. The van der Waals surface area contributed by atoms with Crippen LogP contribution in [-0.4, -0.2) is 76.4 Å². The first-order valence-electron chi connectivity index (χ1n) is 12.2. The van der Waals surface area contributed by atoms with Gasteiger partial charge in [-0.05, 0) is 23.8 Å². The lowest BCUT2D eigenvalue weighted by atomic mass is 9.92. The standard InChI is InChI=1S/C26H33N5O2S/c1-18-12-19(2)14-31(13-18)23(32)16-30-10-8-29(9-11-30)15-22-27-25(33)24-21(17-34-26(24)28-22)20-6-4-3-5-7-20/h3-7,17-19H,8-16H2,1-2H3,(H,27,28,33)/t18-,19-/m1/s1. The Morgan fingerprint density at radius 3 is 2.44 bits per heavy atom. The largest absolute Gasteiger partial charge is 0.341 e. The van der Waals surface area contributed by atoms with E-state index < -0.39 is 0 Å². The van der Waals surface area contributed by atoms with Gasteiger partial charge in [0.1, 0.15) is 10.7 Å². The Labute approximate surface area is 204 Å². The fraction of sp³-hybridized carbons (Fsp3) is 0.500. The van der Waals surface area contributed by atoms with Crippen molar-refractivity contribution in [2.24, 2.45) is 11.8 Å². The second-order valence-corrected chi connectivity index (χ2v) is 10.9. The summed E-state index contributed by atoms with van der Waals surface area (Å²) < 4.78 is 0. The Hall–Kier alpha value is -2.55. The molecule has 2 aliphatic heterocycles. The molecule has 3 aromatic rings. The van der Waals surface area contributed by atoms with E-state index in [4.69, 9.17) is 4.98 Å². The van der Waals surface area contributed by atoms with Crippen LogP contribution in [0.2, 0.25) is 0 Å². The Kier molecular flexibility index (Phi) is 6.81. The number of piperidine rings is 1. The van der Waals surface area contributed by atoms with Gasteiger partial charge in [0.2, 0.25) is 5.91 Å². The summed E-state index contributed by atoms with van der Waals surface area (Å²) in [7, 11) is 0. The molecule has 0 bridgehead atoms. The van der Waals surface area contributed by atoms with Gasteiger partial charge >= 0.3 is 0 Å². The normalized spacial score (nSPS) is 22.4. The lowest BCUT2D eigenvalue weighted by molar-refractivity contribution is -0.135. The van der Waals surface area contributed by atoms with Gasteiger partial charge in [-0.1, -0.05) is 44.2 Å². The molecular weight excluding hydrogens is 446 g/mol. The highest BCUT2D eigenvalue weighted by Gasteiger charge is 2.27. The van der Waals surface area contributed by atoms with Gasteiger partial charge in [0.25, 0.3) is 5.56 Å². The summed E-state index contributed by atoms with van der Waals surface area (Å²) in [4.78, 5) is 40.9. The predicted octanol–water partition coefficient (Wildman–Crippen LogP) is 3.27. The molecule has 1 N–H and O–H groups in total. The van der Waals surface area contributed by atoms with Crippen molar-refractivity contribution in [3.8, 4) is 11.1 Å². The number of hydrogen-bond donors (Lipinski definition) is 1. The van der Waals surface area contributed by atoms with Gasteiger partial charge < -0.3 is 9.88 Å². The maximum atomic E-state index is 12.9. The number of H-pyrrole nitrogens is 1. The molecule has 2 fully saturated rings. The summed E-state index contributed by atoms with van der Waals surface area (Å²) in [5.74, 6) is 2.14. The summed E-state index contributed by atoms with van der Waals surface area (Å²) >= 11 is 1.52. The number of rotatable bonds is 5. The zero-order chi connectivity index (χ0) is 23.7. The number of aromatic nitrogens is 2. The smallest absolute Gasteiger partial charge is 0.260 e. The van der Waals surface area contributed by atoms with Crippen LogP contribution in [0.15, 0.2) is 40.5 Å². The van der Waals surface area contributed by atoms with Crippen LogP contribution in [0, 0.1) is 11.8 Å². The first-order valence-corrected chi connectivity index (χ1v) is 13.1. The third kappa shape index (κ3) is 5.09. The van der Waals surface area contributed by atoms with Crippen molar-refractivity contribution in [3.05, 3.63) is 51.9 Å². The molecule has 0 unspecified atom stereocenters. The molecule has 0 aliphatic carbocycles. The van der Waals surface area contributed by atoms with Crippen molar-refractivity contribution >= 4 is 27.5 Å². The number of nitrogens with one attached hydrogen (secondary N) is 1. The summed E-state index contributed by atoms with van der Waals surface area (Å²) in [6.45, 7) is 10.8. The van der Waals surface area contributed by atoms with Gasteiger partial charge in [0.05, 0.1) is 18.5 Å². The van der Waals surface area contributed by atoms with Gasteiger partial charge in [-0.25, -0.2) is 4.98 Å². The van der Waals surface area contributed by atoms with Crippen molar-refractivity contribution < 1.29 is 4.79 Å². The lowest BCUT2D eigenvalue weighted by Gasteiger charge is -2.38. The van der Waals surface area contributed by atoms with Crippen LogP contribution in [0.4, 0.5) is 0 Å². The van der Waals surface area contributed by atoms with Gasteiger partial charge in [-0.15, -0.1) is 11.3 Å². The van der Waals surface area contributed by atoms with Crippen LogP contribution in [0.1, 0.15) is 26.1 Å². The first-order chi connectivity index (χ1) is 16.5. The maximum absolute atomic E-state index is 12.9. The molecule has 2 aromatic heterocycles. The lowest BCUT2D eigenvalue weighted by Crippen LogP contribution is -2.51. The Morgan fingerprint density at radius 2 is 1.74 bits per heavy atom. The molecular formula is C26H33N5O2S. The van der Waals surface area contributed by atoms with E-state index in [1.54, 1.807) is 0 Å². The number of aromatic amines is 1. The molecule has 0 radical (unpaired) electrons. The molecule has 4 heterocycles. The monoisotopic (exact) mass is 479 g/mol. The Morgan fingerprint density at radius 1 is 1.06 bits per heavy atom. The maximum Gasteiger partial charge on any atom is 0.260 e. The molecule has 2 atom stereocenters. The molecule has 180 valence electrons. The number of nitrogens with zero attached hydrogens (tertiary/aromatic N) is 4. The number of fused-ring (bicyclic) bond motifs is 1. The molecule has 1 aromatic carbocycles. The predicted molar refractivity (Wildman–Crippen MR) is 137 cm³/mol. The number of amides is 1. The van der Waals surface area contributed by atoms with Crippen LogP contribution in [0.25, 0.3) is 21.3 Å². The average Bonchev–Trinajstić information content (AvgIpc) is 3.25. The van der Waals surface area contributed by atoms with Crippen molar-refractivity contribution in [2.75, 3.05) is 45.8 Å². The summed E-state index contributed by atoms with van der Waals surface area (Å²) in [6, 6.07) is 9.98. The highest BCUT2D eigenvalue weighted by Crippen LogP contribution is 2.30. The summed E-state index contributed by atoms with van der Waals surface area (Å²) in [5, 5.41) is 2.69. The molecule has 0 spiro atoms. The van der Waals surface area contributed by atoms with Crippen molar-refractivity contribution in [3.63, 3.8) is 0 Å². The van der Waals surface area contributed by atoms with E-state index in [1.165, 1.54) is 17.8 Å². The number of carbonyl (C=O) groups is 1. The number of hydrogen-bond acceptors (Lipinski definition) is 6. The third-order valence-electron chi connectivity index (χ3n) is 7.00. The van der Waals surface area contributed by atoms with Gasteiger partial charge in [0, 0.05) is 50.2 Å². The quantitative estimate of drug-likeness (QED) is 0.608. The summed E-state index contributed by atoms with van der Waals surface area (Å²) in [6.07, 6.45) is 1.21. The molecule has 34 heavy (non-hydrogen) atoms. The molecule has 2 aliphatic rings. The van der Waals surface area contributed by atoms with Gasteiger partial charge in [0.15, 0.2) is 0 Å². The molecule has 0 saturated carbocycles. The van der Waals surface area contributed by atoms with E-state index in [9.17, 15) is 9.59 Å². The van der Waals surface area contributed by atoms with E-state index in [0.717, 1.165) is 55.2 Å². The number of carbonyl (C=O) groups excluding carboxylic acids is 1. The topological polar surface area (TPSA) is 72.5 Å². The molecule has 8 heteroatoms. The summed E-state index contributed by atoms with van der Waals surface area (Å²) in [5.41, 5.74) is 1.90. The van der Waals surface area contributed by atoms with Crippen LogP contribution in [0.3, 0.4) is 0 Å².